The zero-order valence-corrected chi connectivity index (χ0v) is 16.8. The smallest absolute Gasteiger partial charge is 0.245 e. The van der Waals surface area contributed by atoms with Gasteiger partial charge in [0.15, 0.2) is 4.34 Å². The molecule has 2 rings (SSSR count). The minimum absolute atomic E-state index is 0.0791. The number of amides is 2. The van der Waals surface area contributed by atoms with Crippen LogP contribution >= 0.6 is 23.1 Å². The summed E-state index contributed by atoms with van der Waals surface area (Å²) in [5.41, 5.74) is 1.70. The summed E-state index contributed by atoms with van der Waals surface area (Å²) in [6, 6.07) is 9.43. The molecule has 27 heavy (non-hydrogen) atoms. The van der Waals surface area contributed by atoms with E-state index in [9.17, 15) is 9.59 Å². The fourth-order valence-corrected chi connectivity index (χ4v) is 3.71. The molecule has 0 spiro atoms. The van der Waals surface area contributed by atoms with E-state index in [1.807, 2.05) is 26.0 Å². The number of anilines is 1. The van der Waals surface area contributed by atoms with Gasteiger partial charge >= 0.3 is 0 Å². The largest absolute Gasteiger partial charge is 0.347 e. The zero-order chi connectivity index (χ0) is 19.6. The quantitative estimate of drug-likeness (QED) is 0.492. The Morgan fingerprint density at radius 2 is 1.96 bits per heavy atom. The summed E-state index contributed by atoms with van der Waals surface area (Å²) in [6.07, 6.45) is 1.21. The fraction of sp³-hybridized carbons (Fsp3) is 0.389. The lowest BCUT2D eigenvalue weighted by atomic mass is 10.1. The van der Waals surface area contributed by atoms with Crippen molar-refractivity contribution in [3.05, 3.63) is 35.4 Å². The third-order valence-corrected chi connectivity index (χ3v) is 5.54. The summed E-state index contributed by atoms with van der Waals surface area (Å²) < 4.78 is 0.732. The number of carbonyl (C=O) groups is 2. The predicted octanol–water partition coefficient (Wildman–Crippen LogP) is 3.19. The maximum atomic E-state index is 11.9. The first kappa shape index (κ1) is 20.9. The second kappa shape index (κ2) is 10.6. The molecule has 1 aromatic heterocycles. The van der Waals surface area contributed by atoms with Crippen molar-refractivity contribution in [1.82, 2.24) is 15.5 Å². The van der Waals surface area contributed by atoms with Crippen molar-refractivity contribution in [2.75, 3.05) is 11.9 Å². The molecule has 0 saturated heterocycles. The minimum Gasteiger partial charge on any atom is -0.347 e. The molecule has 2 amide bonds. The molecule has 0 saturated carbocycles. The third kappa shape index (κ3) is 7.76. The van der Waals surface area contributed by atoms with E-state index in [0.29, 0.717) is 28.8 Å². The molecule has 0 fully saturated rings. The minimum atomic E-state index is -0.326. The van der Waals surface area contributed by atoms with E-state index in [0.717, 1.165) is 16.3 Å². The predicted molar refractivity (Wildman–Crippen MR) is 106 cm³/mol. The van der Waals surface area contributed by atoms with Gasteiger partial charge in [0.1, 0.15) is 0 Å². The van der Waals surface area contributed by atoms with E-state index < -0.39 is 0 Å². The monoisotopic (exact) mass is 403 g/mol. The Balaban J connectivity index is 1.73. The fourth-order valence-electron chi connectivity index (χ4n) is 1.99. The molecule has 0 aliphatic carbocycles. The highest BCUT2D eigenvalue weighted by molar-refractivity contribution is 8.00. The second-order valence-corrected chi connectivity index (χ2v) is 8.43. The molecule has 0 aliphatic heterocycles. The summed E-state index contributed by atoms with van der Waals surface area (Å²) in [5, 5.41) is 22.4. The molecule has 0 radical (unpaired) electrons. The average Bonchev–Trinajstić information content (AvgIpc) is 3.10. The molecule has 2 N–H and O–H groups in total. The van der Waals surface area contributed by atoms with Crippen LogP contribution < -0.4 is 10.6 Å². The second-order valence-electron chi connectivity index (χ2n) is 6.23. The number of rotatable bonds is 9. The van der Waals surface area contributed by atoms with Crippen molar-refractivity contribution >= 4 is 40.0 Å². The molecule has 1 aromatic carbocycles. The van der Waals surface area contributed by atoms with Crippen LogP contribution in [0.15, 0.2) is 28.6 Å². The van der Waals surface area contributed by atoms with Gasteiger partial charge in [0.05, 0.1) is 18.2 Å². The number of thioether (sulfide) groups is 1. The van der Waals surface area contributed by atoms with Crippen LogP contribution in [0.1, 0.15) is 37.8 Å². The normalized spacial score (nSPS) is 10.4. The zero-order valence-electron chi connectivity index (χ0n) is 15.2. The maximum absolute atomic E-state index is 11.9. The van der Waals surface area contributed by atoms with Crippen LogP contribution in [-0.4, -0.2) is 28.6 Å². The number of hydrogen-bond donors (Lipinski definition) is 2. The van der Waals surface area contributed by atoms with E-state index in [-0.39, 0.29) is 18.4 Å². The molecular formula is C18H21N5O2S2. The number of benzene rings is 1. The average molecular weight is 404 g/mol. The van der Waals surface area contributed by atoms with E-state index in [1.165, 1.54) is 23.1 Å². The summed E-state index contributed by atoms with van der Waals surface area (Å²) in [5.74, 6) is 0.689. The Bertz CT molecular complexity index is 812. The molecule has 0 unspecified atom stereocenters. The SMILES string of the molecule is CC(C)CCC(=O)NCC(=O)Nc1nnc(SCc2ccc(C#N)cc2)s1. The molecule has 1 heterocycles. The van der Waals surface area contributed by atoms with E-state index >= 15 is 0 Å². The molecule has 0 aliphatic rings. The van der Waals surface area contributed by atoms with Crippen LogP contribution in [0, 0.1) is 17.2 Å². The number of nitrogens with zero attached hydrogens (tertiary/aromatic N) is 3. The summed E-state index contributed by atoms with van der Waals surface area (Å²) in [7, 11) is 0. The van der Waals surface area contributed by atoms with Gasteiger partial charge in [-0.2, -0.15) is 5.26 Å². The highest BCUT2D eigenvalue weighted by atomic mass is 32.2. The van der Waals surface area contributed by atoms with Crippen molar-refractivity contribution < 1.29 is 9.59 Å². The first-order valence-electron chi connectivity index (χ1n) is 8.48. The Morgan fingerprint density at radius 1 is 1.22 bits per heavy atom. The van der Waals surface area contributed by atoms with Gasteiger partial charge < -0.3 is 5.32 Å². The van der Waals surface area contributed by atoms with E-state index in [4.69, 9.17) is 5.26 Å². The molecule has 142 valence electrons. The lowest BCUT2D eigenvalue weighted by Gasteiger charge is -2.06. The van der Waals surface area contributed by atoms with Crippen LogP contribution in [-0.2, 0) is 15.3 Å². The molecule has 0 atom stereocenters. The van der Waals surface area contributed by atoms with Crippen molar-refractivity contribution in [3.8, 4) is 6.07 Å². The molecule has 9 heteroatoms. The van der Waals surface area contributed by atoms with Crippen LogP contribution in [0.4, 0.5) is 5.13 Å². The molecule has 0 bridgehead atoms. The lowest BCUT2D eigenvalue weighted by molar-refractivity contribution is -0.124. The Kier molecular flexibility index (Phi) is 8.23. The number of carbonyl (C=O) groups excluding carboxylic acids is 2. The standard InChI is InChI=1S/C18H21N5O2S2/c1-12(2)3-8-15(24)20-10-16(25)21-17-22-23-18(27-17)26-11-14-6-4-13(9-19)5-7-14/h4-7,12H,3,8,10-11H2,1-2H3,(H,20,24)(H,21,22,25). The lowest BCUT2D eigenvalue weighted by Crippen LogP contribution is -2.32. The molecular weight excluding hydrogens is 382 g/mol. The van der Waals surface area contributed by atoms with E-state index in [2.05, 4.69) is 26.9 Å². The van der Waals surface area contributed by atoms with Crippen LogP contribution in [0.2, 0.25) is 0 Å². The summed E-state index contributed by atoms with van der Waals surface area (Å²) in [4.78, 5) is 23.5. The summed E-state index contributed by atoms with van der Waals surface area (Å²) >= 11 is 2.78. The van der Waals surface area contributed by atoms with Crippen molar-refractivity contribution in [3.63, 3.8) is 0 Å². The van der Waals surface area contributed by atoms with Crippen molar-refractivity contribution in [2.45, 2.75) is 36.8 Å². The highest BCUT2D eigenvalue weighted by Crippen LogP contribution is 2.28. The van der Waals surface area contributed by atoms with Crippen molar-refractivity contribution in [1.29, 1.82) is 5.26 Å². The highest BCUT2D eigenvalue weighted by Gasteiger charge is 2.10. The molecule has 2 aromatic rings. The van der Waals surface area contributed by atoms with Gasteiger partial charge in [-0.05, 0) is 30.0 Å². The first-order valence-corrected chi connectivity index (χ1v) is 10.3. The van der Waals surface area contributed by atoms with Crippen LogP contribution in [0.25, 0.3) is 0 Å². The first-order chi connectivity index (χ1) is 13.0. The van der Waals surface area contributed by atoms with Gasteiger partial charge in [-0.3, -0.25) is 14.9 Å². The third-order valence-electron chi connectivity index (χ3n) is 3.49. The number of nitriles is 1. The summed E-state index contributed by atoms with van der Waals surface area (Å²) in [6.45, 7) is 4.02. The van der Waals surface area contributed by atoms with Gasteiger partial charge in [-0.25, -0.2) is 0 Å². The number of aromatic nitrogens is 2. The van der Waals surface area contributed by atoms with Gasteiger partial charge in [0.2, 0.25) is 16.9 Å². The van der Waals surface area contributed by atoms with Gasteiger partial charge in [0.25, 0.3) is 0 Å². The van der Waals surface area contributed by atoms with Gasteiger partial charge in [-0.1, -0.05) is 49.1 Å². The topological polar surface area (TPSA) is 108 Å². The Labute approximate surface area is 166 Å². The van der Waals surface area contributed by atoms with Crippen LogP contribution in [0.3, 0.4) is 0 Å². The van der Waals surface area contributed by atoms with Gasteiger partial charge in [-0.15, -0.1) is 10.2 Å². The van der Waals surface area contributed by atoms with Crippen LogP contribution in [0.5, 0.6) is 0 Å². The number of hydrogen-bond acceptors (Lipinski definition) is 7. The van der Waals surface area contributed by atoms with Crippen molar-refractivity contribution in [2.24, 2.45) is 5.92 Å². The Hall–Kier alpha value is -2.44. The number of nitrogens with one attached hydrogen (secondary N) is 2. The molecule has 7 nitrogen and oxygen atoms in total. The van der Waals surface area contributed by atoms with Gasteiger partial charge in [0, 0.05) is 12.2 Å². The Morgan fingerprint density at radius 3 is 2.63 bits per heavy atom. The maximum Gasteiger partial charge on any atom is 0.245 e. The van der Waals surface area contributed by atoms with E-state index in [1.54, 1.807) is 12.1 Å².